The Hall–Kier alpha value is -3.31. The molecule has 0 radical (unpaired) electrons. The van der Waals surface area contributed by atoms with E-state index in [4.69, 9.17) is 16.0 Å². The third-order valence-corrected chi connectivity index (χ3v) is 5.09. The highest BCUT2D eigenvalue weighted by Gasteiger charge is 2.25. The number of carbonyl (C=O) groups is 1. The highest BCUT2D eigenvalue weighted by Crippen LogP contribution is 2.38. The summed E-state index contributed by atoms with van der Waals surface area (Å²) in [5.74, 6) is 0.307. The minimum absolute atomic E-state index is 0.0326. The van der Waals surface area contributed by atoms with E-state index in [1.165, 1.54) is 6.26 Å². The van der Waals surface area contributed by atoms with Crippen LogP contribution >= 0.6 is 11.6 Å². The number of hydrogen-bond donors (Lipinski definition) is 2. The summed E-state index contributed by atoms with van der Waals surface area (Å²) < 4.78 is 5.53. The molecule has 1 amide bonds. The van der Waals surface area contributed by atoms with Crippen LogP contribution in [0, 0.1) is 0 Å². The zero-order valence-electron chi connectivity index (χ0n) is 15.5. The summed E-state index contributed by atoms with van der Waals surface area (Å²) in [6.07, 6.45) is 4.03. The monoisotopic (exact) mass is 406 g/mol. The number of amides is 1. The fraction of sp³-hybridized carbons (Fsp3) is 0.130. The Morgan fingerprint density at radius 1 is 1.14 bits per heavy atom. The molecular weight excluding hydrogens is 388 g/mol. The molecule has 1 unspecified atom stereocenters. The minimum Gasteiger partial charge on any atom is -0.505 e. The molecule has 4 rings (SSSR count). The molecule has 2 aromatic carbocycles. The van der Waals surface area contributed by atoms with Gasteiger partial charge in [0.25, 0.3) is 0 Å². The van der Waals surface area contributed by atoms with Gasteiger partial charge in [-0.3, -0.25) is 9.78 Å². The maximum atomic E-state index is 12.7. The van der Waals surface area contributed by atoms with E-state index < -0.39 is 6.04 Å². The van der Waals surface area contributed by atoms with Crippen LogP contribution in [0.25, 0.3) is 10.9 Å². The standard InChI is InChI=1S/C23H19ClN2O3/c24-18-14-17(23(28)22-16(18)8-4-12-25-22)21(19-9-5-13-29-19)26-20(27)11-10-15-6-2-1-3-7-15/h1-9,12-14,21,28H,10-11H2,(H,26,27). The van der Waals surface area contributed by atoms with Crippen LogP contribution in [0.1, 0.15) is 29.3 Å². The van der Waals surface area contributed by atoms with Gasteiger partial charge in [-0.25, -0.2) is 0 Å². The van der Waals surface area contributed by atoms with Gasteiger partial charge >= 0.3 is 0 Å². The molecule has 6 heteroatoms. The molecule has 146 valence electrons. The van der Waals surface area contributed by atoms with Crippen LogP contribution in [-0.4, -0.2) is 16.0 Å². The molecule has 0 aliphatic rings. The van der Waals surface area contributed by atoms with E-state index in [1.807, 2.05) is 30.3 Å². The number of phenolic OH excluding ortho intramolecular Hbond substituents is 1. The van der Waals surface area contributed by atoms with E-state index in [-0.39, 0.29) is 11.7 Å². The number of phenols is 1. The molecule has 0 aliphatic heterocycles. The van der Waals surface area contributed by atoms with Gasteiger partial charge in [-0.2, -0.15) is 0 Å². The highest BCUT2D eigenvalue weighted by molar-refractivity contribution is 6.35. The number of carbonyl (C=O) groups excluding carboxylic acids is 1. The van der Waals surface area contributed by atoms with Crippen LogP contribution in [-0.2, 0) is 11.2 Å². The van der Waals surface area contributed by atoms with Gasteiger partial charge in [0.1, 0.15) is 23.1 Å². The van der Waals surface area contributed by atoms with Gasteiger partial charge < -0.3 is 14.8 Å². The lowest BCUT2D eigenvalue weighted by Crippen LogP contribution is -2.29. The number of aryl methyl sites for hydroxylation is 1. The number of nitrogens with zero attached hydrogens (tertiary/aromatic N) is 1. The third kappa shape index (κ3) is 4.10. The van der Waals surface area contributed by atoms with E-state index >= 15 is 0 Å². The third-order valence-electron chi connectivity index (χ3n) is 4.77. The number of fused-ring (bicyclic) bond motifs is 1. The second kappa shape index (κ2) is 8.37. The first-order valence-corrected chi connectivity index (χ1v) is 9.64. The normalized spacial score (nSPS) is 12.0. The summed E-state index contributed by atoms with van der Waals surface area (Å²) in [5.41, 5.74) is 1.90. The molecule has 29 heavy (non-hydrogen) atoms. The van der Waals surface area contributed by atoms with Crippen molar-refractivity contribution in [2.24, 2.45) is 0 Å². The smallest absolute Gasteiger partial charge is 0.221 e. The first-order valence-electron chi connectivity index (χ1n) is 9.26. The van der Waals surface area contributed by atoms with E-state index in [9.17, 15) is 9.90 Å². The Morgan fingerprint density at radius 3 is 2.72 bits per heavy atom. The molecule has 0 fully saturated rings. The molecule has 2 N–H and O–H groups in total. The Balaban J connectivity index is 1.64. The Kier molecular flexibility index (Phi) is 5.49. The molecule has 0 spiro atoms. The summed E-state index contributed by atoms with van der Waals surface area (Å²) in [5, 5.41) is 14.9. The molecule has 5 nitrogen and oxygen atoms in total. The zero-order chi connectivity index (χ0) is 20.2. The molecule has 1 atom stereocenters. The highest BCUT2D eigenvalue weighted by atomic mass is 35.5. The van der Waals surface area contributed by atoms with Crippen LogP contribution in [0.5, 0.6) is 5.75 Å². The first kappa shape index (κ1) is 19.0. The number of nitrogens with one attached hydrogen (secondary N) is 1. The zero-order valence-corrected chi connectivity index (χ0v) is 16.3. The number of halogens is 1. The lowest BCUT2D eigenvalue weighted by molar-refractivity contribution is -0.121. The van der Waals surface area contributed by atoms with Crippen molar-refractivity contribution in [3.63, 3.8) is 0 Å². The van der Waals surface area contributed by atoms with Crippen LogP contribution in [0.3, 0.4) is 0 Å². The van der Waals surface area contributed by atoms with Gasteiger partial charge in [0.2, 0.25) is 5.91 Å². The van der Waals surface area contributed by atoms with E-state index in [1.54, 1.807) is 36.5 Å². The second-order valence-corrected chi connectivity index (χ2v) is 7.10. The van der Waals surface area contributed by atoms with E-state index in [0.29, 0.717) is 40.1 Å². The number of pyridine rings is 1. The fourth-order valence-electron chi connectivity index (χ4n) is 3.32. The molecule has 2 aromatic heterocycles. The van der Waals surface area contributed by atoms with Crippen LogP contribution < -0.4 is 5.32 Å². The number of hydrogen-bond acceptors (Lipinski definition) is 4. The molecule has 0 aliphatic carbocycles. The summed E-state index contributed by atoms with van der Waals surface area (Å²) >= 11 is 6.42. The van der Waals surface area contributed by atoms with Crippen LogP contribution in [0.15, 0.2) is 77.5 Å². The van der Waals surface area contributed by atoms with E-state index in [2.05, 4.69) is 10.3 Å². The lowest BCUT2D eigenvalue weighted by Gasteiger charge is -2.20. The van der Waals surface area contributed by atoms with Crippen molar-refractivity contribution in [3.8, 4) is 5.75 Å². The number of benzene rings is 2. The molecular formula is C23H19ClN2O3. The number of aromatic hydroxyl groups is 1. The SMILES string of the molecule is O=C(CCc1ccccc1)NC(c1ccco1)c1cc(Cl)c2cccnc2c1O. The summed E-state index contributed by atoms with van der Waals surface area (Å²) in [4.78, 5) is 16.9. The van der Waals surface area contributed by atoms with E-state index in [0.717, 1.165) is 5.56 Å². The molecule has 0 saturated carbocycles. The number of furan rings is 1. The van der Waals surface area contributed by atoms with Gasteiger partial charge in [0.05, 0.1) is 11.3 Å². The van der Waals surface area contributed by atoms with Crippen LogP contribution in [0.2, 0.25) is 5.02 Å². The lowest BCUT2D eigenvalue weighted by atomic mass is 10.00. The van der Waals surface area contributed by atoms with Crippen molar-refractivity contribution >= 4 is 28.4 Å². The van der Waals surface area contributed by atoms with Crippen LogP contribution in [0.4, 0.5) is 0 Å². The van der Waals surface area contributed by atoms with Crippen molar-refractivity contribution in [1.29, 1.82) is 0 Å². The Labute approximate surface area is 173 Å². The number of rotatable bonds is 6. The predicted molar refractivity (Wildman–Crippen MR) is 112 cm³/mol. The second-order valence-electron chi connectivity index (χ2n) is 6.70. The molecule has 4 aromatic rings. The maximum Gasteiger partial charge on any atom is 0.221 e. The summed E-state index contributed by atoms with van der Waals surface area (Å²) in [6, 6.07) is 17.8. The van der Waals surface area contributed by atoms with Crippen molar-refractivity contribution in [3.05, 3.63) is 95.0 Å². The van der Waals surface area contributed by atoms with Gasteiger partial charge in [0, 0.05) is 23.6 Å². The summed E-state index contributed by atoms with van der Waals surface area (Å²) in [6.45, 7) is 0. The van der Waals surface area contributed by atoms with Crippen molar-refractivity contribution in [1.82, 2.24) is 10.3 Å². The van der Waals surface area contributed by atoms with Gasteiger partial charge in [-0.05, 0) is 42.3 Å². The maximum absolute atomic E-state index is 12.7. The van der Waals surface area contributed by atoms with Gasteiger partial charge in [0.15, 0.2) is 0 Å². The largest absolute Gasteiger partial charge is 0.505 e. The topological polar surface area (TPSA) is 75.4 Å². The average Bonchev–Trinajstić information content (AvgIpc) is 3.29. The quantitative estimate of drug-likeness (QED) is 0.471. The first-order chi connectivity index (χ1) is 14.1. The molecule has 0 bridgehead atoms. The van der Waals surface area contributed by atoms with Crippen molar-refractivity contribution in [2.75, 3.05) is 0 Å². The van der Waals surface area contributed by atoms with Gasteiger partial charge in [-0.1, -0.05) is 41.9 Å². The fourth-order valence-corrected chi connectivity index (χ4v) is 3.59. The molecule has 0 saturated heterocycles. The minimum atomic E-state index is -0.683. The summed E-state index contributed by atoms with van der Waals surface area (Å²) in [7, 11) is 0. The Morgan fingerprint density at radius 2 is 1.97 bits per heavy atom. The predicted octanol–water partition coefficient (Wildman–Crippen LogP) is 5.03. The number of aromatic nitrogens is 1. The van der Waals surface area contributed by atoms with Crippen molar-refractivity contribution in [2.45, 2.75) is 18.9 Å². The van der Waals surface area contributed by atoms with Crippen molar-refractivity contribution < 1.29 is 14.3 Å². The van der Waals surface area contributed by atoms with Gasteiger partial charge in [-0.15, -0.1) is 0 Å². The molecule has 2 heterocycles. The Bertz CT molecular complexity index is 1130. The average molecular weight is 407 g/mol.